The summed E-state index contributed by atoms with van der Waals surface area (Å²) in [6.07, 6.45) is 3.54. The van der Waals surface area contributed by atoms with Gasteiger partial charge in [0, 0.05) is 61.0 Å². The van der Waals surface area contributed by atoms with Crippen molar-refractivity contribution in [3.63, 3.8) is 0 Å². The van der Waals surface area contributed by atoms with E-state index in [4.69, 9.17) is 4.98 Å². The Morgan fingerprint density at radius 3 is 2.54 bits per heavy atom. The van der Waals surface area contributed by atoms with Gasteiger partial charge in [-0.25, -0.2) is 14.3 Å². The van der Waals surface area contributed by atoms with E-state index in [1.54, 1.807) is 6.26 Å². The van der Waals surface area contributed by atoms with Crippen molar-refractivity contribution in [2.75, 3.05) is 37.3 Å². The van der Waals surface area contributed by atoms with Crippen molar-refractivity contribution in [3.05, 3.63) is 42.6 Å². The first-order valence-electron chi connectivity index (χ1n) is 8.63. The minimum absolute atomic E-state index is 0.733. The maximum atomic E-state index is 12.1. The molecule has 4 rings (SSSR count). The Hall–Kier alpha value is -2.38. The van der Waals surface area contributed by atoms with Crippen LogP contribution in [0.3, 0.4) is 0 Å². The molecule has 6 nitrogen and oxygen atoms in total. The molecular formula is C19H23N5OS. The quantitative estimate of drug-likeness (QED) is 0.663. The molecule has 1 fully saturated rings. The summed E-state index contributed by atoms with van der Waals surface area (Å²) in [7, 11) is -0.0928. The molecule has 7 heteroatoms. The summed E-state index contributed by atoms with van der Waals surface area (Å²) in [6.45, 7) is 3.05. The zero-order chi connectivity index (χ0) is 18.3. The van der Waals surface area contributed by atoms with Crippen LogP contribution in [0.5, 0.6) is 0 Å². The summed E-state index contributed by atoms with van der Waals surface area (Å²) in [6, 6.07) is 12.2. The number of hydrogen-bond acceptors (Lipinski definition) is 4. The smallest absolute Gasteiger partial charge is 0.141 e. The average Bonchev–Trinajstić information content (AvgIpc) is 2.98. The van der Waals surface area contributed by atoms with Crippen molar-refractivity contribution in [3.8, 4) is 11.4 Å². The molecule has 0 N–H and O–H groups in total. The largest absolute Gasteiger partial charge is 0.354 e. The molecule has 0 bridgehead atoms. The fraction of sp³-hybridized carbons (Fsp3) is 0.316. The number of nitrogens with zero attached hydrogens (tertiary/aromatic N) is 5. The van der Waals surface area contributed by atoms with Crippen LogP contribution < -0.4 is 4.90 Å². The van der Waals surface area contributed by atoms with Gasteiger partial charge in [0.1, 0.15) is 11.6 Å². The van der Waals surface area contributed by atoms with Gasteiger partial charge in [-0.05, 0) is 30.1 Å². The Labute approximate surface area is 154 Å². The predicted octanol–water partition coefficient (Wildman–Crippen LogP) is 2.02. The molecule has 2 aromatic heterocycles. The predicted molar refractivity (Wildman–Crippen MR) is 109 cm³/mol. The van der Waals surface area contributed by atoms with Crippen LogP contribution in [0.15, 0.2) is 42.6 Å². The van der Waals surface area contributed by atoms with E-state index >= 15 is 0 Å². The Kier molecular flexibility index (Phi) is 4.20. The monoisotopic (exact) mass is 369 g/mol. The highest BCUT2D eigenvalue weighted by molar-refractivity contribution is 7.97. The first-order valence-corrected chi connectivity index (χ1v) is 10.7. The zero-order valence-corrected chi connectivity index (χ0v) is 15.9. The van der Waals surface area contributed by atoms with Crippen LogP contribution in [0.2, 0.25) is 0 Å². The lowest BCUT2D eigenvalue weighted by atomic mass is 10.2. The van der Waals surface area contributed by atoms with E-state index in [1.165, 1.54) is 0 Å². The van der Waals surface area contributed by atoms with Crippen molar-refractivity contribution < 1.29 is 4.21 Å². The Bertz CT molecular complexity index is 1050. The molecule has 1 unspecified atom stereocenters. The van der Waals surface area contributed by atoms with E-state index < -0.39 is 9.71 Å². The summed E-state index contributed by atoms with van der Waals surface area (Å²) in [4.78, 5) is 11.5. The molecule has 1 aliphatic heterocycles. The number of benzene rings is 1. The van der Waals surface area contributed by atoms with Crippen LogP contribution in [0, 0.1) is 0 Å². The standard InChI is InChI=1S/C19H23N5OS/c1-22-17-7-5-4-6-16(17)21-19(22)15-8-9-20-18(14-15)23-10-12-24(13-11-23)26(2,3)25/h4-9,14H,2,10-13H2,1,3H3. The fourth-order valence-corrected chi connectivity index (χ4v) is 4.37. The van der Waals surface area contributed by atoms with Crippen LogP contribution >= 0.6 is 0 Å². The molecule has 3 heterocycles. The van der Waals surface area contributed by atoms with Gasteiger partial charge >= 0.3 is 0 Å². The van der Waals surface area contributed by atoms with Crippen molar-refractivity contribution >= 4 is 32.4 Å². The molecule has 1 aliphatic rings. The van der Waals surface area contributed by atoms with Gasteiger partial charge in [0.2, 0.25) is 0 Å². The highest BCUT2D eigenvalue weighted by atomic mass is 32.2. The summed E-state index contributed by atoms with van der Waals surface area (Å²) in [5.74, 6) is 5.65. The summed E-state index contributed by atoms with van der Waals surface area (Å²) < 4.78 is 16.2. The normalized spacial score (nSPS) is 18.2. The number of anilines is 1. The Morgan fingerprint density at radius 2 is 1.85 bits per heavy atom. The molecule has 0 spiro atoms. The third-order valence-corrected chi connectivity index (χ3v) is 6.36. The van der Waals surface area contributed by atoms with Gasteiger partial charge < -0.3 is 9.47 Å². The van der Waals surface area contributed by atoms with E-state index in [0.717, 1.165) is 54.4 Å². The van der Waals surface area contributed by atoms with E-state index in [2.05, 4.69) is 32.5 Å². The number of piperazine rings is 1. The molecular weight excluding hydrogens is 346 g/mol. The highest BCUT2D eigenvalue weighted by Gasteiger charge is 2.21. The summed E-state index contributed by atoms with van der Waals surface area (Å²) in [5.41, 5.74) is 3.15. The minimum atomic E-state index is -2.13. The van der Waals surface area contributed by atoms with Crippen LogP contribution in [-0.4, -0.2) is 61.4 Å². The van der Waals surface area contributed by atoms with Gasteiger partial charge in [-0.2, -0.15) is 0 Å². The Balaban J connectivity index is 1.62. The number of hydrogen-bond donors (Lipinski definition) is 0. The minimum Gasteiger partial charge on any atom is -0.354 e. The molecule has 0 radical (unpaired) electrons. The molecule has 26 heavy (non-hydrogen) atoms. The highest BCUT2D eigenvalue weighted by Crippen LogP contribution is 2.26. The number of pyridine rings is 1. The lowest BCUT2D eigenvalue weighted by Gasteiger charge is -2.35. The lowest BCUT2D eigenvalue weighted by Crippen LogP contribution is -2.48. The van der Waals surface area contributed by atoms with Gasteiger partial charge in [0.15, 0.2) is 0 Å². The SMILES string of the molecule is C=S(C)(=O)N1CCN(c2cc(-c3nc4ccccc4n3C)ccn2)CC1. The first-order chi connectivity index (χ1) is 12.4. The second-order valence-electron chi connectivity index (χ2n) is 6.76. The summed E-state index contributed by atoms with van der Waals surface area (Å²) >= 11 is 0. The molecule has 0 aliphatic carbocycles. The number of aryl methyl sites for hydroxylation is 1. The number of rotatable bonds is 3. The van der Waals surface area contributed by atoms with Crippen molar-refractivity contribution in [2.24, 2.45) is 7.05 Å². The van der Waals surface area contributed by atoms with Gasteiger partial charge in [-0.3, -0.25) is 4.21 Å². The second kappa shape index (κ2) is 6.41. The van der Waals surface area contributed by atoms with Gasteiger partial charge in [-0.15, -0.1) is 0 Å². The van der Waals surface area contributed by atoms with E-state index in [9.17, 15) is 4.21 Å². The lowest BCUT2D eigenvalue weighted by molar-refractivity contribution is 0.409. The number of fused-ring (bicyclic) bond motifs is 1. The van der Waals surface area contributed by atoms with Crippen molar-refractivity contribution in [1.82, 2.24) is 18.8 Å². The van der Waals surface area contributed by atoms with E-state index in [1.807, 2.05) is 41.8 Å². The van der Waals surface area contributed by atoms with E-state index in [-0.39, 0.29) is 0 Å². The third-order valence-electron chi connectivity index (χ3n) is 4.90. The van der Waals surface area contributed by atoms with Gasteiger partial charge in [0.05, 0.1) is 11.0 Å². The zero-order valence-electron chi connectivity index (χ0n) is 15.1. The van der Waals surface area contributed by atoms with Crippen LogP contribution in [-0.2, 0) is 16.8 Å². The number of imidazole rings is 1. The second-order valence-corrected chi connectivity index (χ2v) is 9.20. The van der Waals surface area contributed by atoms with Gasteiger partial charge in [-0.1, -0.05) is 12.1 Å². The number of aromatic nitrogens is 3. The van der Waals surface area contributed by atoms with Crippen LogP contribution in [0.4, 0.5) is 5.82 Å². The van der Waals surface area contributed by atoms with Crippen molar-refractivity contribution in [2.45, 2.75) is 0 Å². The molecule has 136 valence electrons. The maximum absolute atomic E-state index is 12.1. The van der Waals surface area contributed by atoms with Crippen LogP contribution in [0.25, 0.3) is 22.4 Å². The Morgan fingerprint density at radius 1 is 1.12 bits per heavy atom. The van der Waals surface area contributed by atoms with Crippen LogP contribution in [0.1, 0.15) is 0 Å². The molecule has 0 amide bonds. The summed E-state index contributed by atoms with van der Waals surface area (Å²) in [5, 5.41) is 0. The molecule has 0 saturated carbocycles. The topological polar surface area (TPSA) is 54.3 Å². The fourth-order valence-electron chi connectivity index (χ4n) is 3.44. The molecule has 1 aromatic carbocycles. The first kappa shape index (κ1) is 17.1. The molecule has 1 atom stereocenters. The maximum Gasteiger partial charge on any atom is 0.141 e. The van der Waals surface area contributed by atoms with Gasteiger partial charge in [0.25, 0.3) is 0 Å². The molecule has 1 saturated heterocycles. The van der Waals surface area contributed by atoms with E-state index in [0.29, 0.717) is 0 Å². The van der Waals surface area contributed by atoms with Crippen molar-refractivity contribution in [1.29, 1.82) is 0 Å². The average molecular weight is 369 g/mol. The number of para-hydroxylation sites is 2. The molecule has 3 aromatic rings. The third kappa shape index (κ3) is 3.08.